The molecule has 3 nitrogen and oxygen atoms in total. The number of rotatable bonds is 0. The van der Waals surface area contributed by atoms with Crippen molar-refractivity contribution in [1.29, 1.82) is 5.26 Å². The fraction of sp³-hybridized carbons (Fsp3) is 0.100. The van der Waals surface area contributed by atoms with E-state index in [1.165, 1.54) is 0 Å². The van der Waals surface area contributed by atoms with E-state index in [9.17, 15) is 0 Å². The van der Waals surface area contributed by atoms with E-state index in [-0.39, 0.29) is 6.61 Å². The minimum absolute atomic E-state index is 0.223. The average Bonchev–Trinajstić information content (AvgIpc) is 2.15. The first-order chi connectivity index (χ1) is 6.27. The van der Waals surface area contributed by atoms with Crippen molar-refractivity contribution in [3.05, 3.63) is 29.3 Å². The predicted octanol–water partition coefficient (Wildman–Crippen LogP) is 0.484. The van der Waals surface area contributed by atoms with Crippen molar-refractivity contribution < 1.29 is 5.11 Å². The van der Waals surface area contributed by atoms with E-state index in [4.69, 9.17) is 16.1 Å². The molecule has 0 aromatic heterocycles. The molecule has 0 spiro atoms. The molecule has 0 fully saturated rings. The number of aliphatic hydroxyl groups excluding tert-OH is 1. The maximum absolute atomic E-state index is 8.69. The molecular formula is C10H8N2O. The molecule has 0 aliphatic carbocycles. The molecule has 1 aromatic carbocycles. The number of nitrogens with two attached hydrogens (primary N) is 1. The van der Waals surface area contributed by atoms with E-state index in [0.29, 0.717) is 16.8 Å². The van der Waals surface area contributed by atoms with Gasteiger partial charge in [-0.05, 0) is 18.2 Å². The van der Waals surface area contributed by atoms with Gasteiger partial charge < -0.3 is 10.8 Å². The van der Waals surface area contributed by atoms with Gasteiger partial charge in [-0.1, -0.05) is 11.8 Å². The number of hydrogen-bond donors (Lipinski definition) is 2. The Morgan fingerprint density at radius 3 is 2.77 bits per heavy atom. The molecule has 13 heavy (non-hydrogen) atoms. The monoisotopic (exact) mass is 172 g/mol. The summed E-state index contributed by atoms with van der Waals surface area (Å²) in [6, 6.07) is 6.85. The summed E-state index contributed by atoms with van der Waals surface area (Å²) >= 11 is 0. The van der Waals surface area contributed by atoms with Crippen molar-refractivity contribution in [2.24, 2.45) is 0 Å². The van der Waals surface area contributed by atoms with Crippen molar-refractivity contribution in [1.82, 2.24) is 0 Å². The molecule has 3 heteroatoms. The minimum Gasteiger partial charge on any atom is -0.399 e. The van der Waals surface area contributed by atoms with Crippen LogP contribution in [-0.2, 0) is 0 Å². The zero-order chi connectivity index (χ0) is 9.68. The summed E-state index contributed by atoms with van der Waals surface area (Å²) in [6.07, 6.45) is 0. The highest BCUT2D eigenvalue weighted by molar-refractivity contribution is 5.55. The van der Waals surface area contributed by atoms with Gasteiger partial charge in [-0.25, -0.2) is 0 Å². The second-order valence-electron chi connectivity index (χ2n) is 2.38. The van der Waals surface area contributed by atoms with Crippen LogP contribution in [0.4, 0.5) is 5.69 Å². The number of aliphatic hydroxyl groups is 1. The topological polar surface area (TPSA) is 70.0 Å². The zero-order valence-electron chi connectivity index (χ0n) is 6.91. The molecule has 0 heterocycles. The van der Waals surface area contributed by atoms with E-state index in [1.807, 2.05) is 6.07 Å². The Labute approximate surface area is 76.4 Å². The Morgan fingerprint density at radius 2 is 2.15 bits per heavy atom. The third-order valence-corrected chi connectivity index (χ3v) is 1.47. The molecular weight excluding hydrogens is 164 g/mol. The van der Waals surface area contributed by atoms with Crippen LogP contribution in [0.2, 0.25) is 0 Å². The number of nitrogens with zero attached hydrogens (tertiary/aromatic N) is 1. The van der Waals surface area contributed by atoms with Gasteiger partial charge in [-0.2, -0.15) is 5.26 Å². The van der Waals surface area contributed by atoms with Gasteiger partial charge in [-0.15, -0.1) is 0 Å². The maximum Gasteiger partial charge on any atom is 0.104 e. The van der Waals surface area contributed by atoms with Crippen LogP contribution in [0.5, 0.6) is 0 Å². The molecule has 0 saturated heterocycles. The summed E-state index contributed by atoms with van der Waals surface area (Å²) in [6.45, 7) is -0.223. The van der Waals surface area contributed by atoms with Gasteiger partial charge in [0.1, 0.15) is 12.7 Å². The van der Waals surface area contributed by atoms with Crippen LogP contribution < -0.4 is 5.73 Å². The zero-order valence-corrected chi connectivity index (χ0v) is 6.91. The van der Waals surface area contributed by atoms with Gasteiger partial charge in [0.25, 0.3) is 0 Å². The maximum atomic E-state index is 8.69. The van der Waals surface area contributed by atoms with Crippen LogP contribution >= 0.6 is 0 Å². The van der Waals surface area contributed by atoms with Crippen molar-refractivity contribution >= 4 is 5.69 Å². The quantitative estimate of drug-likeness (QED) is 0.442. The van der Waals surface area contributed by atoms with E-state index >= 15 is 0 Å². The molecule has 3 N–H and O–H groups in total. The van der Waals surface area contributed by atoms with Gasteiger partial charge in [-0.3, -0.25) is 0 Å². The largest absolute Gasteiger partial charge is 0.399 e. The van der Waals surface area contributed by atoms with Crippen LogP contribution in [0, 0.1) is 23.2 Å². The lowest BCUT2D eigenvalue weighted by Crippen LogP contribution is -1.89. The molecule has 1 aromatic rings. The van der Waals surface area contributed by atoms with Crippen molar-refractivity contribution in [3.8, 4) is 17.9 Å². The van der Waals surface area contributed by atoms with E-state index in [1.54, 1.807) is 18.2 Å². The molecule has 0 bridgehead atoms. The molecule has 0 unspecified atom stereocenters. The standard InChI is InChI=1S/C10H8N2O/c11-7-9-3-4-10(12)6-8(9)2-1-5-13/h3-4,6,13H,5,12H2. The summed E-state index contributed by atoms with van der Waals surface area (Å²) in [5, 5.41) is 17.2. The lowest BCUT2D eigenvalue weighted by atomic mass is 10.1. The minimum atomic E-state index is -0.223. The van der Waals surface area contributed by atoms with Gasteiger partial charge in [0.05, 0.1) is 5.56 Å². The van der Waals surface area contributed by atoms with E-state index in [2.05, 4.69) is 11.8 Å². The summed E-state index contributed by atoms with van der Waals surface area (Å²) in [7, 11) is 0. The molecule has 0 atom stereocenters. The number of hydrogen-bond acceptors (Lipinski definition) is 3. The summed E-state index contributed by atoms with van der Waals surface area (Å²) < 4.78 is 0. The highest BCUT2D eigenvalue weighted by atomic mass is 16.2. The molecule has 0 radical (unpaired) electrons. The summed E-state index contributed by atoms with van der Waals surface area (Å²) in [5.41, 5.74) is 7.09. The lowest BCUT2D eigenvalue weighted by molar-refractivity contribution is 0.350. The average molecular weight is 172 g/mol. The van der Waals surface area contributed by atoms with Crippen LogP contribution in [-0.4, -0.2) is 11.7 Å². The normalized spacial score (nSPS) is 8.31. The Hall–Kier alpha value is -1.97. The van der Waals surface area contributed by atoms with E-state index < -0.39 is 0 Å². The first-order valence-electron chi connectivity index (χ1n) is 3.67. The highest BCUT2D eigenvalue weighted by Crippen LogP contribution is 2.11. The third-order valence-electron chi connectivity index (χ3n) is 1.47. The van der Waals surface area contributed by atoms with Crippen LogP contribution in [0.1, 0.15) is 11.1 Å². The van der Waals surface area contributed by atoms with Gasteiger partial charge >= 0.3 is 0 Å². The molecule has 0 aliphatic heterocycles. The SMILES string of the molecule is N#Cc1ccc(N)cc1C#CCO. The van der Waals surface area contributed by atoms with Crippen LogP contribution in [0.25, 0.3) is 0 Å². The second kappa shape index (κ2) is 4.15. The Morgan fingerprint density at radius 1 is 1.38 bits per heavy atom. The molecule has 64 valence electrons. The first-order valence-corrected chi connectivity index (χ1v) is 3.67. The Kier molecular flexibility index (Phi) is 2.92. The fourth-order valence-corrected chi connectivity index (χ4v) is 0.898. The van der Waals surface area contributed by atoms with Crippen LogP contribution in [0.15, 0.2) is 18.2 Å². The first kappa shape index (κ1) is 9.12. The number of nitrogen functional groups attached to an aromatic ring is 1. The van der Waals surface area contributed by atoms with Gasteiger partial charge in [0.2, 0.25) is 0 Å². The number of benzene rings is 1. The fourth-order valence-electron chi connectivity index (χ4n) is 0.898. The molecule has 1 rings (SSSR count). The smallest absolute Gasteiger partial charge is 0.104 e. The number of anilines is 1. The molecule has 0 amide bonds. The van der Waals surface area contributed by atoms with Crippen molar-refractivity contribution in [3.63, 3.8) is 0 Å². The highest BCUT2D eigenvalue weighted by Gasteiger charge is 1.98. The Balaban J connectivity index is 3.18. The lowest BCUT2D eigenvalue weighted by Gasteiger charge is -1.96. The van der Waals surface area contributed by atoms with Gasteiger partial charge in [0.15, 0.2) is 0 Å². The van der Waals surface area contributed by atoms with Crippen molar-refractivity contribution in [2.75, 3.05) is 12.3 Å². The van der Waals surface area contributed by atoms with Crippen molar-refractivity contribution in [2.45, 2.75) is 0 Å². The van der Waals surface area contributed by atoms with E-state index in [0.717, 1.165) is 0 Å². The van der Waals surface area contributed by atoms with Crippen LogP contribution in [0.3, 0.4) is 0 Å². The van der Waals surface area contributed by atoms with Gasteiger partial charge in [0, 0.05) is 11.3 Å². The Bertz CT molecular complexity index is 407. The second-order valence-corrected chi connectivity index (χ2v) is 2.38. The predicted molar refractivity (Wildman–Crippen MR) is 49.5 cm³/mol. The number of nitriles is 1. The summed E-state index contributed by atoms with van der Waals surface area (Å²) in [4.78, 5) is 0. The summed E-state index contributed by atoms with van der Waals surface area (Å²) in [5.74, 6) is 5.12. The molecule has 0 aliphatic rings. The molecule has 0 saturated carbocycles. The third kappa shape index (κ3) is 2.23.